The van der Waals surface area contributed by atoms with E-state index in [4.69, 9.17) is 10.3 Å². The molecule has 0 bridgehead atoms. The maximum Gasteiger partial charge on any atom is 0.206 e. The third kappa shape index (κ3) is 1.54. The number of nitrogens with zero attached hydrogens (tertiary/aromatic N) is 2. The highest BCUT2D eigenvalue weighted by Crippen LogP contribution is 2.31. The Morgan fingerprint density at radius 1 is 1.35 bits per heavy atom. The zero-order valence-electron chi connectivity index (χ0n) is 9.14. The summed E-state index contributed by atoms with van der Waals surface area (Å²) in [7, 11) is 1.98. The summed E-state index contributed by atoms with van der Waals surface area (Å²) in [4.78, 5) is 0. The van der Waals surface area contributed by atoms with Gasteiger partial charge in [-0.3, -0.25) is 0 Å². The molecule has 0 amide bonds. The molecule has 0 saturated heterocycles. The summed E-state index contributed by atoms with van der Waals surface area (Å²) in [6, 6.07) is 8.16. The van der Waals surface area contributed by atoms with Gasteiger partial charge in [0.2, 0.25) is 5.76 Å². The van der Waals surface area contributed by atoms with Gasteiger partial charge in [-0.2, -0.15) is 0 Å². The Morgan fingerprint density at radius 3 is 2.88 bits per heavy atom. The Labute approximate surface area is 106 Å². The molecule has 4 nitrogen and oxygen atoms in total. The van der Waals surface area contributed by atoms with E-state index in [1.54, 1.807) is 0 Å². The number of aryl methyl sites for hydroxylation is 1. The minimum absolute atomic E-state index is 0.551. The molecule has 5 heteroatoms. The van der Waals surface area contributed by atoms with Crippen molar-refractivity contribution in [2.75, 3.05) is 5.73 Å². The zero-order chi connectivity index (χ0) is 12.0. The zero-order valence-corrected chi connectivity index (χ0v) is 10.7. The molecule has 0 fully saturated rings. The van der Waals surface area contributed by atoms with Crippen molar-refractivity contribution in [3.05, 3.63) is 34.9 Å². The normalized spacial score (nSPS) is 11.2. The van der Waals surface area contributed by atoms with Crippen LogP contribution in [0.1, 0.15) is 0 Å². The fraction of sp³-hybridized carbons (Fsp3) is 0.0833. The number of anilines is 1. The van der Waals surface area contributed by atoms with Gasteiger partial charge in [-0.1, -0.05) is 27.2 Å². The summed E-state index contributed by atoms with van der Waals surface area (Å²) >= 11 is 3.47. The molecule has 2 heterocycles. The monoisotopic (exact) mass is 291 g/mol. The lowest BCUT2D eigenvalue weighted by Gasteiger charge is -2.01. The van der Waals surface area contributed by atoms with Gasteiger partial charge >= 0.3 is 0 Å². The van der Waals surface area contributed by atoms with Crippen molar-refractivity contribution in [1.82, 2.24) is 9.72 Å². The molecule has 2 aromatic heterocycles. The number of rotatable bonds is 1. The Hall–Kier alpha value is -1.75. The molecule has 3 rings (SSSR count). The molecule has 0 radical (unpaired) electrons. The van der Waals surface area contributed by atoms with Gasteiger partial charge in [0.15, 0.2) is 0 Å². The van der Waals surface area contributed by atoms with Crippen molar-refractivity contribution in [2.24, 2.45) is 7.05 Å². The van der Waals surface area contributed by atoms with Crippen molar-refractivity contribution >= 4 is 32.5 Å². The highest BCUT2D eigenvalue weighted by atomic mass is 79.9. The van der Waals surface area contributed by atoms with E-state index in [0.29, 0.717) is 11.4 Å². The Bertz CT molecular complexity index is 699. The smallest absolute Gasteiger partial charge is 0.206 e. The first kappa shape index (κ1) is 10.4. The van der Waals surface area contributed by atoms with Crippen molar-refractivity contribution in [2.45, 2.75) is 0 Å². The van der Waals surface area contributed by atoms with Crippen LogP contribution >= 0.6 is 15.9 Å². The number of nitrogen functional groups attached to an aromatic ring is 1. The summed E-state index contributed by atoms with van der Waals surface area (Å²) in [6.07, 6.45) is 1.52. The third-order valence-corrected chi connectivity index (χ3v) is 3.33. The van der Waals surface area contributed by atoms with Crippen molar-refractivity contribution in [1.29, 1.82) is 0 Å². The van der Waals surface area contributed by atoms with E-state index in [9.17, 15) is 0 Å². The molecule has 2 N–H and O–H groups in total. The van der Waals surface area contributed by atoms with Gasteiger partial charge in [0.05, 0.1) is 11.9 Å². The van der Waals surface area contributed by atoms with Crippen LogP contribution in [0.15, 0.2) is 39.5 Å². The fourth-order valence-electron chi connectivity index (χ4n) is 1.96. The minimum Gasteiger partial charge on any atom is -0.394 e. The molecule has 0 aliphatic carbocycles. The quantitative estimate of drug-likeness (QED) is 0.749. The van der Waals surface area contributed by atoms with Crippen LogP contribution in [0.25, 0.3) is 22.4 Å². The average molecular weight is 292 g/mol. The van der Waals surface area contributed by atoms with Crippen LogP contribution in [0.3, 0.4) is 0 Å². The second-order valence-electron chi connectivity index (χ2n) is 3.90. The SMILES string of the molecule is Cn1c(-c2oncc2N)cc2ccc(Br)cc21. The molecular formula is C12H10BrN3O. The first-order chi connectivity index (χ1) is 8.16. The van der Waals surface area contributed by atoms with Crippen molar-refractivity contribution in [3.63, 3.8) is 0 Å². The Kier molecular flexibility index (Phi) is 2.22. The molecule has 0 atom stereocenters. The lowest BCUT2D eigenvalue weighted by Crippen LogP contribution is -1.92. The molecular weight excluding hydrogens is 282 g/mol. The first-order valence-electron chi connectivity index (χ1n) is 5.12. The highest BCUT2D eigenvalue weighted by Gasteiger charge is 2.14. The molecule has 0 aliphatic rings. The van der Waals surface area contributed by atoms with E-state index in [0.717, 1.165) is 21.1 Å². The van der Waals surface area contributed by atoms with Crippen LogP contribution in [0.2, 0.25) is 0 Å². The maximum atomic E-state index is 5.81. The van der Waals surface area contributed by atoms with Gasteiger partial charge in [-0.25, -0.2) is 0 Å². The largest absolute Gasteiger partial charge is 0.394 e. The summed E-state index contributed by atoms with van der Waals surface area (Å²) in [5.74, 6) is 0.611. The van der Waals surface area contributed by atoms with Gasteiger partial charge in [-0.15, -0.1) is 0 Å². The van der Waals surface area contributed by atoms with Gasteiger partial charge in [0.1, 0.15) is 5.69 Å². The van der Waals surface area contributed by atoms with Crippen LogP contribution in [-0.4, -0.2) is 9.72 Å². The van der Waals surface area contributed by atoms with E-state index >= 15 is 0 Å². The standard InChI is InChI=1S/C12H10BrN3O/c1-16-10-5-8(13)3-2-7(10)4-11(16)12-9(14)6-15-17-12/h2-6H,14H2,1H3. The number of hydrogen-bond acceptors (Lipinski definition) is 3. The van der Waals surface area contributed by atoms with Gasteiger partial charge in [-0.05, 0) is 18.2 Å². The van der Waals surface area contributed by atoms with Crippen LogP contribution < -0.4 is 5.73 Å². The molecule has 17 heavy (non-hydrogen) atoms. The van der Waals surface area contributed by atoms with Gasteiger partial charge in [0, 0.05) is 22.4 Å². The number of fused-ring (bicyclic) bond motifs is 1. The number of halogens is 1. The van der Waals surface area contributed by atoms with Crippen molar-refractivity contribution in [3.8, 4) is 11.5 Å². The average Bonchev–Trinajstić information content (AvgIpc) is 2.84. The fourth-order valence-corrected chi connectivity index (χ4v) is 2.31. The van der Waals surface area contributed by atoms with Crippen molar-refractivity contribution < 1.29 is 4.52 Å². The van der Waals surface area contributed by atoms with Crippen LogP contribution in [0.4, 0.5) is 5.69 Å². The van der Waals surface area contributed by atoms with Gasteiger partial charge in [0.25, 0.3) is 0 Å². The number of nitrogens with two attached hydrogens (primary N) is 1. The summed E-state index contributed by atoms with van der Waals surface area (Å²) in [5, 5.41) is 4.84. The molecule has 3 aromatic rings. The third-order valence-electron chi connectivity index (χ3n) is 2.84. The molecule has 0 spiro atoms. The van der Waals surface area contributed by atoms with Crippen LogP contribution in [0, 0.1) is 0 Å². The predicted molar refractivity (Wildman–Crippen MR) is 70.5 cm³/mol. The molecule has 0 aliphatic heterocycles. The van der Waals surface area contributed by atoms with E-state index < -0.39 is 0 Å². The molecule has 0 unspecified atom stereocenters. The van der Waals surface area contributed by atoms with Crippen LogP contribution in [-0.2, 0) is 7.05 Å². The van der Waals surface area contributed by atoms with E-state index in [-0.39, 0.29) is 0 Å². The Morgan fingerprint density at radius 2 is 2.18 bits per heavy atom. The lowest BCUT2D eigenvalue weighted by atomic mass is 10.2. The summed E-state index contributed by atoms with van der Waals surface area (Å²) in [5.41, 5.74) is 8.41. The number of aromatic nitrogens is 2. The molecule has 86 valence electrons. The predicted octanol–water partition coefficient (Wildman–Crippen LogP) is 3.18. The topological polar surface area (TPSA) is 57.0 Å². The van der Waals surface area contributed by atoms with E-state index in [2.05, 4.69) is 33.2 Å². The molecule has 0 saturated carbocycles. The maximum absolute atomic E-state index is 5.81. The summed E-state index contributed by atoms with van der Waals surface area (Å²) < 4.78 is 8.27. The lowest BCUT2D eigenvalue weighted by molar-refractivity contribution is 0.430. The summed E-state index contributed by atoms with van der Waals surface area (Å²) in [6.45, 7) is 0. The minimum atomic E-state index is 0.551. The second-order valence-corrected chi connectivity index (χ2v) is 4.82. The van der Waals surface area contributed by atoms with Crippen LogP contribution in [0.5, 0.6) is 0 Å². The number of benzene rings is 1. The van der Waals surface area contributed by atoms with E-state index in [1.165, 1.54) is 6.20 Å². The second kappa shape index (κ2) is 3.63. The van der Waals surface area contributed by atoms with E-state index in [1.807, 2.05) is 23.7 Å². The van der Waals surface area contributed by atoms with Gasteiger partial charge < -0.3 is 14.8 Å². The first-order valence-corrected chi connectivity index (χ1v) is 5.91. The Balaban J connectivity index is 2.32. The number of hydrogen-bond donors (Lipinski definition) is 1. The highest BCUT2D eigenvalue weighted by molar-refractivity contribution is 9.10. The molecule has 1 aromatic carbocycles.